The Bertz CT molecular complexity index is 795. The summed E-state index contributed by atoms with van der Waals surface area (Å²) >= 11 is 0. The second-order valence-corrected chi connectivity index (χ2v) is 6.34. The average molecular weight is 345 g/mol. The minimum Gasteiger partial charge on any atom is -0.355 e. The van der Waals surface area contributed by atoms with Crippen molar-refractivity contribution in [2.24, 2.45) is 7.05 Å². The highest BCUT2D eigenvalue weighted by atomic mass is 16.2. The predicted molar refractivity (Wildman–Crippen MR) is 97.4 cm³/mol. The van der Waals surface area contributed by atoms with Gasteiger partial charge in [-0.05, 0) is 44.7 Å². The molecule has 0 aliphatic carbocycles. The van der Waals surface area contributed by atoms with Crippen molar-refractivity contribution < 1.29 is 9.59 Å². The minimum atomic E-state index is -0.156. The summed E-state index contributed by atoms with van der Waals surface area (Å²) in [6.45, 7) is 8.62. The maximum atomic E-state index is 12.0. The van der Waals surface area contributed by atoms with Crippen LogP contribution in [0.3, 0.4) is 0 Å². The fourth-order valence-corrected chi connectivity index (χ4v) is 3.06. The van der Waals surface area contributed by atoms with Gasteiger partial charge in [0.05, 0.1) is 12.2 Å². The molecule has 25 heavy (non-hydrogen) atoms. The second kappa shape index (κ2) is 8.09. The monoisotopic (exact) mass is 345 g/mol. The highest BCUT2D eigenvalue weighted by Gasteiger charge is 2.16. The number of pyridine rings is 1. The number of fused-ring (bicyclic) bond motifs is 1. The van der Waals surface area contributed by atoms with E-state index in [0.29, 0.717) is 19.4 Å². The first-order chi connectivity index (χ1) is 11.8. The average Bonchev–Trinajstić information content (AvgIpc) is 2.84. The Morgan fingerprint density at radius 3 is 2.48 bits per heavy atom. The molecule has 0 spiro atoms. The lowest BCUT2D eigenvalue weighted by molar-refractivity contribution is -0.126. The number of carbonyl (C=O) groups is 2. The van der Waals surface area contributed by atoms with Gasteiger partial charge in [-0.25, -0.2) is 4.98 Å². The molecule has 0 radical (unpaired) electrons. The Morgan fingerprint density at radius 2 is 1.80 bits per heavy atom. The molecule has 0 aromatic carbocycles. The van der Waals surface area contributed by atoms with Crippen molar-refractivity contribution in [3.63, 3.8) is 0 Å². The van der Waals surface area contributed by atoms with Gasteiger partial charge in [-0.1, -0.05) is 6.92 Å². The van der Waals surface area contributed by atoms with Crippen LogP contribution in [0, 0.1) is 20.8 Å². The first-order valence-electron chi connectivity index (χ1n) is 8.67. The molecule has 2 amide bonds. The molecule has 2 rings (SSSR count). The zero-order chi connectivity index (χ0) is 18.6. The molecule has 7 heteroatoms. The van der Waals surface area contributed by atoms with Crippen molar-refractivity contribution >= 4 is 22.8 Å². The van der Waals surface area contributed by atoms with E-state index in [0.717, 1.165) is 40.0 Å². The van der Waals surface area contributed by atoms with Crippen molar-refractivity contribution in [2.75, 3.05) is 13.1 Å². The quantitative estimate of drug-likeness (QED) is 0.795. The van der Waals surface area contributed by atoms with Crippen LogP contribution < -0.4 is 10.6 Å². The third-order valence-corrected chi connectivity index (χ3v) is 4.35. The number of hydrogen-bond acceptors (Lipinski definition) is 4. The van der Waals surface area contributed by atoms with Gasteiger partial charge in [0.1, 0.15) is 0 Å². The predicted octanol–water partition coefficient (Wildman–Crippen LogP) is 1.47. The number of nitrogens with zero attached hydrogens (tertiary/aromatic N) is 3. The molecule has 2 N–H and O–H groups in total. The van der Waals surface area contributed by atoms with Gasteiger partial charge in [-0.3, -0.25) is 14.3 Å². The fraction of sp³-hybridized carbons (Fsp3) is 0.556. The van der Waals surface area contributed by atoms with Crippen LogP contribution in [0.5, 0.6) is 0 Å². The van der Waals surface area contributed by atoms with Crippen LogP contribution in [-0.4, -0.2) is 39.7 Å². The van der Waals surface area contributed by atoms with Crippen LogP contribution in [0.15, 0.2) is 0 Å². The van der Waals surface area contributed by atoms with Gasteiger partial charge >= 0.3 is 0 Å². The van der Waals surface area contributed by atoms with E-state index >= 15 is 0 Å². The van der Waals surface area contributed by atoms with E-state index in [4.69, 9.17) is 0 Å². The van der Waals surface area contributed by atoms with E-state index in [9.17, 15) is 9.59 Å². The molecule has 0 bridgehead atoms. The maximum absolute atomic E-state index is 12.0. The fourth-order valence-electron chi connectivity index (χ4n) is 3.06. The highest BCUT2D eigenvalue weighted by molar-refractivity contribution is 5.85. The van der Waals surface area contributed by atoms with Gasteiger partial charge in [0.2, 0.25) is 11.8 Å². The normalized spacial score (nSPS) is 10.9. The summed E-state index contributed by atoms with van der Waals surface area (Å²) in [5.41, 5.74) is 4.94. The molecule has 0 unspecified atom stereocenters. The lowest BCUT2D eigenvalue weighted by atomic mass is 9.99. The molecule has 0 aliphatic heterocycles. The van der Waals surface area contributed by atoms with Crippen LogP contribution in [0.25, 0.3) is 11.0 Å². The first-order valence-corrected chi connectivity index (χ1v) is 8.67. The van der Waals surface area contributed by atoms with E-state index in [2.05, 4.69) is 27.6 Å². The lowest BCUT2D eigenvalue weighted by Gasteiger charge is -2.11. The van der Waals surface area contributed by atoms with Crippen LogP contribution in [0.4, 0.5) is 0 Å². The molecule has 0 saturated carbocycles. The van der Waals surface area contributed by atoms with E-state index in [1.54, 1.807) is 4.68 Å². The van der Waals surface area contributed by atoms with Crippen molar-refractivity contribution in [3.05, 3.63) is 22.5 Å². The lowest BCUT2D eigenvalue weighted by Crippen LogP contribution is -2.37. The summed E-state index contributed by atoms with van der Waals surface area (Å²) in [6, 6.07) is 0. The van der Waals surface area contributed by atoms with Gasteiger partial charge in [0.15, 0.2) is 5.65 Å². The summed E-state index contributed by atoms with van der Waals surface area (Å²) in [4.78, 5) is 28.2. The first kappa shape index (κ1) is 18.9. The molecule has 7 nitrogen and oxygen atoms in total. The van der Waals surface area contributed by atoms with Gasteiger partial charge in [0.25, 0.3) is 0 Å². The Balaban J connectivity index is 2.02. The summed E-state index contributed by atoms with van der Waals surface area (Å²) in [5.74, 6) is -0.287. The Morgan fingerprint density at radius 1 is 1.08 bits per heavy atom. The van der Waals surface area contributed by atoms with Gasteiger partial charge in [-0.2, -0.15) is 5.10 Å². The molecule has 0 atom stereocenters. The maximum Gasteiger partial charge on any atom is 0.239 e. The van der Waals surface area contributed by atoms with Gasteiger partial charge in [0, 0.05) is 31.1 Å². The topological polar surface area (TPSA) is 88.9 Å². The number of amides is 2. The molecular formula is C18H27N5O2. The number of nitrogens with one attached hydrogen (secondary N) is 2. The van der Waals surface area contributed by atoms with Gasteiger partial charge in [-0.15, -0.1) is 0 Å². The second-order valence-electron chi connectivity index (χ2n) is 6.34. The molecule has 2 aromatic heterocycles. The van der Waals surface area contributed by atoms with E-state index < -0.39 is 0 Å². The number of aromatic nitrogens is 3. The Labute approximate surface area is 148 Å². The largest absolute Gasteiger partial charge is 0.355 e. The van der Waals surface area contributed by atoms with Crippen LogP contribution in [0.2, 0.25) is 0 Å². The number of aryl methyl sites for hydroxylation is 4. The molecule has 2 heterocycles. The Kier molecular flexibility index (Phi) is 6.12. The standard InChI is InChI=1S/C18H27N5O2/c1-6-9-19-16(25)10-20-15(24)8-7-14-11(2)17-13(4)22-23(5)18(17)21-12(14)3/h6-10H2,1-5H3,(H,19,25)(H,20,24). The summed E-state index contributed by atoms with van der Waals surface area (Å²) in [5, 5.41) is 10.9. The molecule has 0 aliphatic rings. The SMILES string of the molecule is CCCNC(=O)CNC(=O)CCc1c(C)nc2c(c(C)nn2C)c1C. The van der Waals surface area contributed by atoms with Crippen LogP contribution in [-0.2, 0) is 23.1 Å². The molecule has 0 saturated heterocycles. The van der Waals surface area contributed by atoms with E-state index in [1.807, 2.05) is 27.8 Å². The summed E-state index contributed by atoms with van der Waals surface area (Å²) < 4.78 is 1.79. The highest BCUT2D eigenvalue weighted by Crippen LogP contribution is 2.25. The molecule has 2 aromatic rings. The zero-order valence-electron chi connectivity index (χ0n) is 15.7. The third kappa shape index (κ3) is 4.35. The van der Waals surface area contributed by atoms with E-state index in [-0.39, 0.29) is 18.4 Å². The minimum absolute atomic E-state index is 0.0236. The van der Waals surface area contributed by atoms with Crippen molar-refractivity contribution in [3.8, 4) is 0 Å². The van der Waals surface area contributed by atoms with Crippen LogP contribution >= 0.6 is 0 Å². The summed E-state index contributed by atoms with van der Waals surface area (Å²) in [7, 11) is 1.89. The third-order valence-electron chi connectivity index (χ3n) is 4.35. The number of carbonyl (C=O) groups excluding carboxylic acids is 2. The number of rotatable bonds is 7. The van der Waals surface area contributed by atoms with Gasteiger partial charge < -0.3 is 10.6 Å². The van der Waals surface area contributed by atoms with E-state index in [1.165, 1.54) is 0 Å². The Hall–Kier alpha value is -2.44. The molecule has 0 fully saturated rings. The zero-order valence-corrected chi connectivity index (χ0v) is 15.7. The van der Waals surface area contributed by atoms with Crippen LogP contribution in [0.1, 0.15) is 42.3 Å². The molecular weight excluding hydrogens is 318 g/mol. The number of hydrogen-bond donors (Lipinski definition) is 2. The van der Waals surface area contributed by atoms with Crippen molar-refractivity contribution in [1.29, 1.82) is 0 Å². The van der Waals surface area contributed by atoms with Crippen molar-refractivity contribution in [1.82, 2.24) is 25.4 Å². The summed E-state index contributed by atoms with van der Waals surface area (Å²) in [6.07, 6.45) is 1.80. The van der Waals surface area contributed by atoms with Crippen molar-refractivity contribution in [2.45, 2.75) is 47.0 Å². The molecule has 136 valence electrons. The smallest absolute Gasteiger partial charge is 0.239 e.